The second-order valence-electron chi connectivity index (χ2n) is 3.45. The summed E-state index contributed by atoms with van der Waals surface area (Å²) in [5.41, 5.74) is 0. The molecule has 0 aromatic heterocycles. The van der Waals surface area contributed by atoms with Crippen LogP contribution in [0.1, 0.15) is 20.8 Å². The lowest BCUT2D eigenvalue weighted by Crippen LogP contribution is -2.12. The second kappa shape index (κ2) is 3.44. The van der Waals surface area contributed by atoms with Gasteiger partial charge in [0.05, 0.1) is 18.6 Å². The number of hydrogen-bond acceptors (Lipinski definition) is 3. The van der Waals surface area contributed by atoms with E-state index in [1.54, 1.807) is 13.8 Å². The number of carbonyl (C=O) groups excluding carboxylic acids is 1. The molecule has 0 aromatic rings. The Labute approximate surface area is 72.7 Å². The summed E-state index contributed by atoms with van der Waals surface area (Å²) >= 11 is 0. The standard InChI is InChI=1S/C9H16O3/c1-4-12-9(11)8-5(2)7(8)6(3)10/h5-8,10H,4H2,1-3H3/t5-,6-,7-,8+/m0/s1. The summed E-state index contributed by atoms with van der Waals surface area (Å²) in [6.45, 7) is 5.91. The summed E-state index contributed by atoms with van der Waals surface area (Å²) in [5.74, 6) is 0.175. The van der Waals surface area contributed by atoms with Gasteiger partial charge in [-0.3, -0.25) is 4.79 Å². The van der Waals surface area contributed by atoms with E-state index in [1.165, 1.54) is 0 Å². The van der Waals surface area contributed by atoms with Gasteiger partial charge < -0.3 is 9.84 Å². The van der Waals surface area contributed by atoms with E-state index in [0.29, 0.717) is 6.61 Å². The first-order chi connectivity index (χ1) is 5.59. The molecule has 3 nitrogen and oxygen atoms in total. The highest BCUT2D eigenvalue weighted by Crippen LogP contribution is 2.48. The number of carbonyl (C=O) groups is 1. The molecule has 0 bridgehead atoms. The van der Waals surface area contributed by atoms with E-state index in [0.717, 1.165) is 0 Å². The average Bonchev–Trinajstić information content (AvgIpc) is 2.62. The van der Waals surface area contributed by atoms with Crippen molar-refractivity contribution in [1.82, 2.24) is 0 Å². The number of aliphatic hydroxyl groups excluding tert-OH is 1. The lowest BCUT2D eigenvalue weighted by atomic mass is 10.2. The summed E-state index contributed by atoms with van der Waals surface area (Å²) < 4.78 is 4.87. The zero-order chi connectivity index (χ0) is 9.30. The van der Waals surface area contributed by atoms with Crippen molar-refractivity contribution in [3.05, 3.63) is 0 Å². The van der Waals surface area contributed by atoms with Crippen LogP contribution in [0.4, 0.5) is 0 Å². The molecule has 0 aliphatic heterocycles. The van der Waals surface area contributed by atoms with Gasteiger partial charge in [-0.1, -0.05) is 6.92 Å². The molecule has 1 saturated carbocycles. The Morgan fingerprint density at radius 1 is 1.67 bits per heavy atom. The highest BCUT2D eigenvalue weighted by atomic mass is 16.5. The number of aliphatic hydroxyl groups is 1. The summed E-state index contributed by atoms with van der Waals surface area (Å²) in [5, 5.41) is 9.24. The predicted molar refractivity (Wildman–Crippen MR) is 44.5 cm³/mol. The molecule has 0 spiro atoms. The SMILES string of the molecule is CCOC(=O)[C@@H]1[C@@H](C)[C@H]1[C@H](C)O. The molecule has 3 heteroatoms. The van der Waals surface area contributed by atoms with Gasteiger partial charge in [0.25, 0.3) is 0 Å². The summed E-state index contributed by atoms with van der Waals surface area (Å²) in [6, 6.07) is 0. The molecule has 4 atom stereocenters. The van der Waals surface area contributed by atoms with Gasteiger partial charge in [0.2, 0.25) is 0 Å². The van der Waals surface area contributed by atoms with Crippen molar-refractivity contribution in [2.24, 2.45) is 17.8 Å². The van der Waals surface area contributed by atoms with Crippen LogP contribution in [0, 0.1) is 17.8 Å². The number of rotatable bonds is 3. The zero-order valence-electron chi connectivity index (χ0n) is 7.78. The predicted octanol–water partition coefficient (Wildman–Crippen LogP) is 0.812. The first-order valence-electron chi connectivity index (χ1n) is 4.44. The van der Waals surface area contributed by atoms with Crippen molar-refractivity contribution in [3.63, 3.8) is 0 Å². The highest BCUT2D eigenvalue weighted by Gasteiger charge is 2.54. The van der Waals surface area contributed by atoms with Crippen LogP contribution in [0.15, 0.2) is 0 Å². The third-order valence-corrected chi connectivity index (χ3v) is 2.56. The van der Waals surface area contributed by atoms with Crippen LogP contribution in [0.3, 0.4) is 0 Å². The fourth-order valence-corrected chi connectivity index (χ4v) is 1.84. The molecular formula is C9H16O3. The topological polar surface area (TPSA) is 46.5 Å². The lowest BCUT2D eigenvalue weighted by molar-refractivity contribution is -0.145. The van der Waals surface area contributed by atoms with E-state index in [4.69, 9.17) is 4.74 Å². The molecule has 1 aliphatic carbocycles. The van der Waals surface area contributed by atoms with Crippen LogP contribution in [0.25, 0.3) is 0 Å². The van der Waals surface area contributed by atoms with Crippen LogP contribution in [0.5, 0.6) is 0 Å². The van der Waals surface area contributed by atoms with Crippen LogP contribution >= 0.6 is 0 Å². The molecule has 1 fully saturated rings. The van der Waals surface area contributed by atoms with Crippen molar-refractivity contribution < 1.29 is 14.6 Å². The lowest BCUT2D eigenvalue weighted by Gasteiger charge is -2.01. The minimum absolute atomic E-state index is 0.0649. The average molecular weight is 172 g/mol. The van der Waals surface area contributed by atoms with Gasteiger partial charge in [0, 0.05) is 5.92 Å². The van der Waals surface area contributed by atoms with Crippen molar-refractivity contribution in [2.45, 2.75) is 26.9 Å². The largest absolute Gasteiger partial charge is 0.466 e. The van der Waals surface area contributed by atoms with E-state index in [-0.39, 0.29) is 23.7 Å². The Morgan fingerprint density at radius 3 is 2.58 bits per heavy atom. The Kier molecular flexibility index (Phi) is 2.73. The molecular weight excluding hydrogens is 156 g/mol. The molecule has 1 aliphatic rings. The molecule has 0 aromatic carbocycles. The van der Waals surface area contributed by atoms with E-state index < -0.39 is 6.10 Å². The second-order valence-corrected chi connectivity index (χ2v) is 3.45. The van der Waals surface area contributed by atoms with Crippen LogP contribution in [0.2, 0.25) is 0 Å². The zero-order valence-corrected chi connectivity index (χ0v) is 7.78. The normalized spacial score (nSPS) is 35.8. The van der Waals surface area contributed by atoms with Crippen molar-refractivity contribution >= 4 is 5.97 Å². The number of esters is 1. The van der Waals surface area contributed by atoms with Gasteiger partial charge in [-0.25, -0.2) is 0 Å². The van der Waals surface area contributed by atoms with Gasteiger partial charge in [-0.2, -0.15) is 0 Å². The molecule has 1 N–H and O–H groups in total. The quantitative estimate of drug-likeness (QED) is 0.641. The van der Waals surface area contributed by atoms with Gasteiger partial charge in [-0.15, -0.1) is 0 Å². The molecule has 0 radical (unpaired) electrons. The third-order valence-electron chi connectivity index (χ3n) is 2.56. The number of hydrogen-bond donors (Lipinski definition) is 1. The van der Waals surface area contributed by atoms with E-state index in [2.05, 4.69) is 0 Å². The van der Waals surface area contributed by atoms with Gasteiger partial charge in [-0.05, 0) is 19.8 Å². The third kappa shape index (κ3) is 1.61. The minimum Gasteiger partial charge on any atom is -0.466 e. The Balaban J connectivity index is 2.42. The molecule has 1 rings (SSSR count). The first-order valence-corrected chi connectivity index (χ1v) is 4.44. The minimum atomic E-state index is -0.394. The molecule has 0 heterocycles. The van der Waals surface area contributed by atoms with Crippen molar-refractivity contribution in [1.29, 1.82) is 0 Å². The fraction of sp³-hybridized carbons (Fsp3) is 0.889. The van der Waals surface area contributed by atoms with Gasteiger partial charge in [0.1, 0.15) is 0 Å². The maximum absolute atomic E-state index is 11.2. The molecule has 70 valence electrons. The van der Waals surface area contributed by atoms with Crippen molar-refractivity contribution in [2.75, 3.05) is 6.61 Å². The van der Waals surface area contributed by atoms with Crippen LogP contribution in [-0.2, 0) is 9.53 Å². The summed E-state index contributed by atoms with van der Waals surface area (Å²) in [7, 11) is 0. The first kappa shape index (κ1) is 9.52. The fourth-order valence-electron chi connectivity index (χ4n) is 1.84. The van der Waals surface area contributed by atoms with Crippen molar-refractivity contribution in [3.8, 4) is 0 Å². The number of ether oxygens (including phenoxy) is 1. The molecule has 0 unspecified atom stereocenters. The van der Waals surface area contributed by atoms with E-state index in [1.807, 2.05) is 6.92 Å². The Hall–Kier alpha value is -0.570. The monoisotopic (exact) mass is 172 g/mol. The Bertz CT molecular complexity index is 177. The van der Waals surface area contributed by atoms with E-state index >= 15 is 0 Å². The van der Waals surface area contributed by atoms with Gasteiger partial charge >= 0.3 is 5.97 Å². The highest BCUT2D eigenvalue weighted by molar-refractivity contribution is 5.76. The maximum atomic E-state index is 11.2. The molecule has 12 heavy (non-hydrogen) atoms. The van der Waals surface area contributed by atoms with Crippen LogP contribution < -0.4 is 0 Å². The smallest absolute Gasteiger partial charge is 0.309 e. The maximum Gasteiger partial charge on any atom is 0.309 e. The van der Waals surface area contributed by atoms with E-state index in [9.17, 15) is 9.90 Å². The van der Waals surface area contributed by atoms with Gasteiger partial charge in [0.15, 0.2) is 0 Å². The van der Waals surface area contributed by atoms with Crippen LogP contribution in [-0.4, -0.2) is 23.8 Å². The summed E-state index contributed by atoms with van der Waals surface area (Å²) in [6.07, 6.45) is -0.394. The summed E-state index contributed by atoms with van der Waals surface area (Å²) in [4.78, 5) is 11.2. The molecule has 0 amide bonds. The Morgan fingerprint density at radius 2 is 2.25 bits per heavy atom. The molecule has 0 saturated heterocycles.